The molecule has 0 N–H and O–H groups in total. The van der Waals surface area contributed by atoms with Crippen LogP contribution in [-0.4, -0.2) is 0 Å². The molecule has 0 fully saturated rings. The van der Waals surface area contributed by atoms with Gasteiger partial charge in [-0.2, -0.15) is 0 Å². The van der Waals surface area contributed by atoms with E-state index in [0.717, 1.165) is 0 Å². The molecule has 0 aromatic heterocycles. The van der Waals surface area contributed by atoms with Crippen LogP contribution < -0.4 is 0 Å². The third kappa shape index (κ3) is 1.91. The summed E-state index contributed by atoms with van der Waals surface area (Å²) in [7, 11) is 0. The Bertz CT molecular complexity index is 262. The van der Waals surface area contributed by atoms with E-state index in [1.165, 1.54) is 0 Å². The summed E-state index contributed by atoms with van der Waals surface area (Å²) in [5, 5.41) is 0. The van der Waals surface area contributed by atoms with Crippen LogP contribution in [-0.2, 0) is 17.1 Å². The van der Waals surface area contributed by atoms with Crippen LogP contribution in [0.3, 0.4) is 0 Å². The van der Waals surface area contributed by atoms with E-state index < -0.39 is 17.1 Å². The van der Waals surface area contributed by atoms with E-state index >= 15 is 0 Å². The topological polar surface area (TPSA) is 0 Å². The van der Waals surface area contributed by atoms with Crippen LogP contribution >= 0.6 is 0 Å². The summed E-state index contributed by atoms with van der Waals surface area (Å²) in [5.74, 6) is 0. The molecule has 0 saturated carbocycles. The van der Waals surface area contributed by atoms with Gasteiger partial charge in [0, 0.05) is 0 Å². The molecule has 0 atom stereocenters. The first-order valence-corrected chi connectivity index (χ1v) is 7.83. The number of hydrogen-bond acceptors (Lipinski definition) is 0. The summed E-state index contributed by atoms with van der Waals surface area (Å²) < 4.78 is 0.890. The van der Waals surface area contributed by atoms with Crippen LogP contribution in [0.5, 0.6) is 0 Å². The van der Waals surface area contributed by atoms with Gasteiger partial charge in [-0.15, -0.1) is 0 Å². The van der Waals surface area contributed by atoms with Gasteiger partial charge in [-0.1, -0.05) is 0 Å². The molecule has 0 aromatic carbocycles. The molecule has 0 aliphatic heterocycles. The Hall–Kier alpha value is -0.417. The van der Waals surface area contributed by atoms with Crippen LogP contribution in [0.15, 0.2) is 48.6 Å². The van der Waals surface area contributed by atoms with Gasteiger partial charge in [0.05, 0.1) is 0 Å². The van der Waals surface area contributed by atoms with Crippen LogP contribution in [0.4, 0.5) is 0 Å². The van der Waals surface area contributed by atoms with Gasteiger partial charge in [0.15, 0.2) is 0 Å². The molecule has 2 aliphatic carbocycles. The molecule has 0 aromatic rings. The molecule has 0 bridgehead atoms. The van der Waals surface area contributed by atoms with Crippen molar-refractivity contribution in [3.8, 4) is 0 Å². The fraction of sp³-hybridized carbons (Fsp3) is 0.333. The fourth-order valence-electron chi connectivity index (χ4n) is 2.27. The molecular formula is C12H14Zn. The molecule has 2 aliphatic rings. The van der Waals surface area contributed by atoms with Crippen molar-refractivity contribution in [2.75, 3.05) is 0 Å². The van der Waals surface area contributed by atoms with E-state index in [-0.39, 0.29) is 0 Å². The summed E-state index contributed by atoms with van der Waals surface area (Å²) in [6.45, 7) is 4.75. The number of allylic oxidation sites excluding steroid dienone is 8. The first kappa shape index (κ1) is 9.15. The quantitative estimate of drug-likeness (QED) is 0.627. The van der Waals surface area contributed by atoms with Crippen molar-refractivity contribution in [1.29, 1.82) is 0 Å². The molecule has 0 unspecified atom stereocenters. The third-order valence-electron chi connectivity index (χ3n) is 2.89. The van der Waals surface area contributed by atoms with Crippen molar-refractivity contribution >= 4 is 0 Å². The van der Waals surface area contributed by atoms with Gasteiger partial charge in [-0.3, -0.25) is 0 Å². The van der Waals surface area contributed by atoms with Gasteiger partial charge < -0.3 is 0 Å². The average Bonchev–Trinajstić information content (AvgIpc) is 2.60. The van der Waals surface area contributed by atoms with E-state index in [1.807, 2.05) is 0 Å². The standard InChI is InChI=1S/2C6H7.Zn/c2*1-6-4-2-3-5-6;/h2*2-5H,1H3;. The first-order valence-electron chi connectivity index (χ1n) is 4.86. The van der Waals surface area contributed by atoms with Gasteiger partial charge in [0.2, 0.25) is 0 Å². The predicted octanol–water partition coefficient (Wildman–Crippen LogP) is 3.68. The van der Waals surface area contributed by atoms with Crippen molar-refractivity contribution in [2.45, 2.75) is 21.9 Å². The molecule has 0 saturated heterocycles. The van der Waals surface area contributed by atoms with Crippen molar-refractivity contribution in [3.63, 3.8) is 0 Å². The van der Waals surface area contributed by atoms with Crippen molar-refractivity contribution in [3.05, 3.63) is 48.6 Å². The van der Waals surface area contributed by atoms with Crippen molar-refractivity contribution in [2.24, 2.45) is 0 Å². The van der Waals surface area contributed by atoms with Gasteiger partial charge in [-0.25, -0.2) is 0 Å². The van der Waals surface area contributed by atoms with Gasteiger partial charge in [0.1, 0.15) is 0 Å². The Morgan fingerprint density at radius 1 is 0.692 bits per heavy atom. The Kier molecular flexibility index (Phi) is 2.16. The number of hydrogen-bond donors (Lipinski definition) is 0. The van der Waals surface area contributed by atoms with Gasteiger partial charge in [0.25, 0.3) is 0 Å². The Balaban J connectivity index is 2.14. The minimum atomic E-state index is -0.646. The monoisotopic (exact) mass is 222 g/mol. The van der Waals surface area contributed by atoms with Crippen molar-refractivity contribution in [1.82, 2.24) is 0 Å². The van der Waals surface area contributed by atoms with Gasteiger partial charge >= 0.3 is 87.6 Å². The molecule has 13 heavy (non-hydrogen) atoms. The molecule has 0 nitrogen and oxygen atoms in total. The Morgan fingerprint density at radius 3 is 1.31 bits per heavy atom. The molecule has 64 valence electrons. The molecule has 0 radical (unpaired) electrons. The third-order valence-corrected chi connectivity index (χ3v) is 8.07. The van der Waals surface area contributed by atoms with E-state index in [2.05, 4.69) is 62.5 Å². The fourth-order valence-corrected chi connectivity index (χ4v) is 7.84. The zero-order chi connectivity index (χ0) is 9.36. The second-order valence-electron chi connectivity index (χ2n) is 4.62. The van der Waals surface area contributed by atoms with E-state index in [4.69, 9.17) is 0 Å². The minimum absolute atomic E-state index is 0.445. The van der Waals surface area contributed by atoms with E-state index in [0.29, 0.717) is 8.02 Å². The van der Waals surface area contributed by atoms with Crippen LogP contribution in [0, 0.1) is 0 Å². The maximum atomic E-state index is 2.37. The maximum absolute atomic E-state index is 2.37. The summed E-state index contributed by atoms with van der Waals surface area (Å²) in [5.41, 5.74) is 0. The van der Waals surface area contributed by atoms with Gasteiger partial charge in [-0.05, 0) is 0 Å². The van der Waals surface area contributed by atoms with Crippen LogP contribution in [0.2, 0.25) is 8.02 Å². The summed E-state index contributed by atoms with van der Waals surface area (Å²) in [4.78, 5) is 0. The SMILES string of the molecule is C[C]1([Zn][C]2(C)C=CC=C2)C=CC=C1. The molecule has 1 heteroatoms. The zero-order valence-electron chi connectivity index (χ0n) is 8.33. The normalized spacial score (nSPS) is 25.4. The molecule has 0 amide bonds. The summed E-state index contributed by atoms with van der Waals surface area (Å²) in [6, 6.07) is 0. The van der Waals surface area contributed by atoms with Crippen LogP contribution in [0.25, 0.3) is 0 Å². The molecule has 0 heterocycles. The zero-order valence-corrected chi connectivity index (χ0v) is 11.3. The first-order chi connectivity index (χ1) is 6.12. The molecular weight excluding hydrogens is 210 g/mol. The number of rotatable bonds is 2. The van der Waals surface area contributed by atoms with E-state index in [1.54, 1.807) is 0 Å². The van der Waals surface area contributed by atoms with Crippen LogP contribution in [0.1, 0.15) is 13.8 Å². The predicted molar refractivity (Wildman–Crippen MR) is 53.3 cm³/mol. The van der Waals surface area contributed by atoms with Crippen molar-refractivity contribution < 1.29 is 17.1 Å². The average molecular weight is 224 g/mol. The second kappa shape index (κ2) is 3.06. The Morgan fingerprint density at radius 2 is 1.00 bits per heavy atom. The Labute approximate surface area is 87.7 Å². The second-order valence-corrected chi connectivity index (χ2v) is 11.8. The molecule has 2 rings (SSSR count). The van der Waals surface area contributed by atoms with E-state index in [9.17, 15) is 0 Å². The summed E-state index contributed by atoms with van der Waals surface area (Å²) >= 11 is -0.646. The molecule has 0 spiro atoms. The summed E-state index contributed by atoms with van der Waals surface area (Å²) in [6.07, 6.45) is 18.3.